The van der Waals surface area contributed by atoms with Crippen LogP contribution >= 0.6 is 12.2 Å². The van der Waals surface area contributed by atoms with E-state index < -0.39 is 0 Å². The van der Waals surface area contributed by atoms with Gasteiger partial charge in [0, 0.05) is 12.1 Å². The normalized spacial score (nSPS) is 11.9. The molecular weight excluding hydrogens is 186 g/mol. The second kappa shape index (κ2) is 3.97. The van der Waals surface area contributed by atoms with E-state index in [0.29, 0.717) is 4.77 Å². The van der Waals surface area contributed by atoms with Gasteiger partial charge in [0.2, 0.25) is 4.77 Å². The molecule has 0 aliphatic heterocycles. The smallest absolute Gasteiger partial charge is 0.238 e. The molecule has 0 aromatic carbocycles. The first-order valence-corrected chi connectivity index (χ1v) is 4.63. The van der Waals surface area contributed by atoms with E-state index in [0.717, 1.165) is 13.1 Å². The Morgan fingerprint density at radius 2 is 2.23 bits per heavy atom. The molecule has 13 heavy (non-hydrogen) atoms. The van der Waals surface area contributed by atoms with E-state index in [1.54, 1.807) is 4.68 Å². The molecule has 0 radical (unpaired) electrons. The van der Waals surface area contributed by atoms with Crippen molar-refractivity contribution >= 4 is 12.2 Å². The molecule has 0 amide bonds. The number of tetrazole rings is 1. The van der Waals surface area contributed by atoms with E-state index in [9.17, 15) is 0 Å². The van der Waals surface area contributed by atoms with Gasteiger partial charge in [-0.3, -0.25) is 0 Å². The number of nitrogens with one attached hydrogen (secondary N) is 2. The molecule has 0 atom stereocenters. The lowest BCUT2D eigenvalue weighted by molar-refractivity contribution is 0.402. The highest BCUT2D eigenvalue weighted by Gasteiger charge is 2.07. The van der Waals surface area contributed by atoms with Crippen molar-refractivity contribution in [1.29, 1.82) is 0 Å². The summed E-state index contributed by atoms with van der Waals surface area (Å²) in [6, 6.07) is 0. The zero-order valence-corrected chi connectivity index (χ0v) is 8.98. The summed E-state index contributed by atoms with van der Waals surface area (Å²) >= 11 is 4.92. The summed E-state index contributed by atoms with van der Waals surface area (Å²) in [7, 11) is 0. The van der Waals surface area contributed by atoms with E-state index in [1.165, 1.54) is 0 Å². The van der Waals surface area contributed by atoms with Gasteiger partial charge in [0.05, 0.1) is 6.54 Å². The minimum absolute atomic E-state index is 0.135. The van der Waals surface area contributed by atoms with Gasteiger partial charge in [-0.05, 0) is 33.0 Å². The van der Waals surface area contributed by atoms with Gasteiger partial charge in [-0.15, -0.1) is 0 Å². The van der Waals surface area contributed by atoms with Gasteiger partial charge in [-0.1, -0.05) is 10.3 Å². The largest absolute Gasteiger partial charge is 0.310 e. The zero-order valence-electron chi connectivity index (χ0n) is 8.16. The van der Waals surface area contributed by atoms with Gasteiger partial charge in [-0.25, -0.2) is 4.68 Å². The van der Waals surface area contributed by atoms with Gasteiger partial charge in [0.1, 0.15) is 0 Å². The number of nitrogens with zero attached hydrogens (tertiary/aromatic N) is 3. The minimum Gasteiger partial charge on any atom is -0.310 e. The maximum Gasteiger partial charge on any atom is 0.238 e. The number of aromatic amines is 1. The standard InChI is InChI=1S/C7H15N5S/c1-7(2,3)8-4-5-12-6(13)9-10-11-12/h8H,4-5H2,1-3H3,(H,9,11,13). The quantitative estimate of drug-likeness (QED) is 0.708. The number of aromatic nitrogens is 4. The van der Waals surface area contributed by atoms with Crippen LogP contribution in [0.3, 0.4) is 0 Å². The minimum atomic E-state index is 0.135. The molecule has 1 aromatic rings. The van der Waals surface area contributed by atoms with Crippen LogP contribution in [0.15, 0.2) is 0 Å². The van der Waals surface area contributed by atoms with Crippen LogP contribution in [0.2, 0.25) is 0 Å². The van der Waals surface area contributed by atoms with Crippen molar-refractivity contribution < 1.29 is 0 Å². The third kappa shape index (κ3) is 3.65. The Morgan fingerprint density at radius 1 is 1.54 bits per heavy atom. The molecule has 0 fully saturated rings. The van der Waals surface area contributed by atoms with Crippen molar-refractivity contribution in [3.8, 4) is 0 Å². The fourth-order valence-electron chi connectivity index (χ4n) is 0.904. The number of hydrogen-bond acceptors (Lipinski definition) is 4. The summed E-state index contributed by atoms with van der Waals surface area (Å²) in [5.74, 6) is 0. The molecule has 74 valence electrons. The highest BCUT2D eigenvalue weighted by atomic mass is 32.1. The number of rotatable bonds is 3. The molecule has 2 N–H and O–H groups in total. The Balaban J connectivity index is 2.37. The Bertz CT molecular complexity index is 307. The molecule has 0 saturated heterocycles. The molecule has 5 nitrogen and oxygen atoms in total. The Hall–Kier alpha value is -0.750. The zero-order chi connectivity index (χ0) is 9.90. The fraction of sp³-hybridized carbons (Fsp3) is 0.857. The molecular formula is C7H15N5S. The molecule has 0 spiro atoms. The molecule has 0 unspecified atom stereocenters. The van der Waals surface area contributed by atoms with Crippen LogP contribution in [0, 0.1) is 4.77 Å². The van der Waals surface area contributed by atoms with Crippen molar-refractivity contribution in [3.05, 3.63) is 4.77 Å². The van der Waals surface area contributed by atoms with Crippen molar-refractivity contribution in [2.45, 2.75) is 32.9 Å². The van der Waals surface area contributed by atoms with Crippen LogP contribution < -0.4 is 5.32 Å². The van der Waals surface area contributed by atoms with Gasteiger partial charge in [-0.2, -0.15) is 5.21 Å². The first kappa shape index (κ1) is 10.3. The molecule has 0 saturated carbocycles. The van der Waals surface area contributed by atoms with Crippen molar-refractivity contribution in [2.24, 2.45) is 0 Å². The molecule has 1 aromatic heterocycles. The summed E-state index contributed by atoms with van der Waals surface area (Å²) in [6.45, 7) is 7.98. The van der Waals surface area contributed by atoms with Crippen LogP contribution in [0.25, 0.3) is 0 Å². The average Bonchev–Trinajstić information content (AvgIpc) is 2.34. The van der Waals surface area contributed by atoms with Crippen LogP contribution in [0.1, 0.15) is 20.8 Å². The van der Waals surface area contributed by atoms with Gasteiger partial charge in [0.15, 0.2) is 0 Å². The highest BCUT2D eigenvalue weighted by molar-refractivity contribution is 7.71. The van der Waals surface area contributed by atoms with E-state index in [-0.39, 0.29) is 5.54 Å². The van der Waals surface area contributed by atoms with Gasteiger partial charge in [0.25, 0.3) is 0 Å². The topological polar surface area (TPSA) is 58.5 Å². The second-order valence-corrected chi connectivity index (χ2v) is 4.28. The van der Waals surface area contributed by atoms with Crippen LogP contribution in [0.5, 0.6) is 0 Å². The second-order valence-electron chi connectivity index (χ2n) is 3.91. The van der Waals surface area contributed by atoms with Crippen molar-refractivity contribution in [2.75, 3.05) is 6.54 Å². The molecule has 0 aliphatic carbocycles. The van der Waals surface area contributed by atoms with Crippen LogP contribution in [-0.2, 0) is 6.54 Å². The molecule has 0 aliphatic rings. The maximum absolute atomic E-state index is 4.92. The maximum atomic E-state index is 4.92. The Kier molecular flexibility index (Phi) is 3.16. The Morgan fingerprint density at radius 3 is 2.69 bits per heavy atom. The van der Waals surface area contributed by atoms with E-state index in [2.05, 4.69) is 41.6 Å². The first-order valence-electron chi connectivity index (χ1n) is 4.22. The monoisotopic (exact) mass is 201 g/mol. The lowest BCUT2D eigenvalue weighted by Crippen LogP contribution is -2.38. The molecule has 0 bridgehead atoms. The van der Waals surface area contributed by atoms with Crippen molar-refractivity contribution in [3.63, 3.8) is 0 Å². The Labute approximate surface area is 82.5 Å². The molecule has 1 rings (SSSR count). The van der Waals surface area contributed by atoms with E-state index in [1.807, 2.05) is 0 Å². The van der Waals surface area contributed by atoms with Crippen LogP contribution in [-0.4, -0.2) is 32.3 Å². The molecule has 6 heteroatoms. The summed E-state index contributed by atoms with van der Waals surface area (Å²) < 4.78 is 2.23. The summed E-state index contributed by atoms with van der Waals surface area (Å²) in [5.41, 5.74) is 0.135. The van der Waals surface area contributed by atoms with Gasteiger partial charge >= 0.3 is 0 Å². The van der Waals surface area contributed by atoms with Crippen molar-refractivity contribution in [1.82, 2.24) is 25.5 Å². The third-order valence-corrected chi connectivity index (χ3v) is 1.82. The summed E-state index contributed by atoms with van der Waals surface area (Å²) in [4.78, 5) is 0. The third-order valence-electron chi connectivity index (χ3n) is 1.52. The lowest BCUT2D eigenvalue weighted by atomic mass is 10.1. The average molecular weight is 201 g/mol. The summed E-state index contributed by atoms with van der Waals surface area (Å²) in [6.07, 6.45) is 0. The number of H-pyrrole nitrogens is 1. The predicted octanol–water partition coefficient (Wildman–Crippen LogP) is 0.724. The van der Waals surface area contributed by atoms with Gasteiger partial charge < -0.3 is 5.32 Å². The lowest BCUT2D eigenvalue weighted by Gasteiger charge is -2.20. The summed E-state index contributed by atoms with van der Waals surface area (Å²) in [5, 5.41) is 13.3. The number of hydrogen-bond donors (Lipinski definition) is 2. The predicted molar refractivity (Wildman–Crippen MR) is 53.0 cm³/mol. The first-order chi connectivity index (χ1) is 5.99. The van der Waals surface area contributed by atoms with Crippen LogP contribution in [0.4, 0.5) is 0 Å². The highest BCUT2D eigenvalue weighted by Crippen LogP contribution is 1.97. The molecule has 1 heterocycles. The van der Waals surface area contributed by atoms with E-state index in [4.69, 9.17) is 12.2 Å². The SMILES string of the molecule is CC(C)(C)NCCn1[nH]nnc1=S. The fourth-order valence-corrected chi connectivity index (χ4v) is 1.08. The van der Waals surface area contributed by atoms with E-state index >= 15 is 0 Å².